The Labute approximate surface area is 511 Å². The number of hydrogen-bond donors (Lipinski definition) is 0. The van der Waals surface area contributed by atoms with Gasteiger partial charge in [-0.05, 0) is 56.4 Å². The Morgan fingerprint density at radius 3 is 0.885 bits per heavy atom. The third-order valence-electron chi connectivity index (χ3n) is 13.6. The molecule has 0 heterocycles. The molecule has 8 aromatic carbocycles. The van der Waals surface area contributed by atoms with Crippen LogP contribution in [0.25, 0.3) is 0 Å². The van der Waals surface area contributed by atoms with Gasteiger partial charge >= 0.3 is 0 Å². The molecule has 0 bridgehead atoms. The fourth-order valence-electron chi connectivity index (χ4n) is 8.80. The molecule has 2 amide bonds. The largest absolute Gasteiger partial charge is 0.369 e. The maximum atomic E-state index is 13.0. The van der Waals surface area contributed by atoms with E-state index in [0.29, 0.717) is 12.8 Å². The Kier molecular flexibility index (Phi) is 29.2. The molecule has 1 unspecified atom stereocenters. The summed E-state index contributed by atoms with van der Waals surface area (Å²) in [6.07, 6.45) is -1.12. The number of hydrogen-bond acceptors (Lipinski definition) is 13. The molecule has 8 rings (SSSR count). The SMILES string of the molecule is COP(C)(=O)/C=C/[C@@H](OCc1ccccc1)[C@H](OCc1ccccc1)[C@@H](CN(C=O)OCc1ccccc1)OCc1ccccc1.O=C[C@@H](OCc1ccccc1)[C@H](OCc1ccccc1)[C@@H](CN(C=O)OCc1ccccc1)OCc1ccccc1. The van der Waals surface area contributed by atoms with Gasteiger partial charge < -0.3 is 37.7 Å². The summed E-state index contributed by atoms with van der Waals surface area (Å²) in [7, 11) is -1.65. The van der Waals surface area contributed by atoms with Gasteiger partial charge in [-0.1, -0.05) is 243 Å². The van der Waals surface area contributed by atoms with Crippen LogP contribution in [-0.2, 0) is 114 Å². The predicted molar refractivity (Wildman–Crippen MR) is 334 cm³/mol. The molecule has 16 heteroatoms. The van der Waals surface area contributed by atoms with Crippen molar-refractivity contribution >= 4 is 26.5 Å². The monoisotopic (exact) mass is 1200 g/mol. The smallest absolute Gasteiger partial charge is 0.233 e. The van der Waals surface area contributed by atoms with Crippen LogP contribution in [0, 0.1) is 0 Å². The highest BCUT2D eigenvalue weighted by Crippen LogP contribution is 2.43. The summed E-state index contributed by atoms with van der Waals surface area (Å²) in [4.78, 5) is 48.6. The van der Waals surface area contributed by atoms with Crippen molar-refractivity contribution in [3.63, 3.8) is 0 Å². The van der Waals surface area contributed by atoms with E-state index in [0.717, 1.165) is 50.8 Å². The molecule has 0 fully saturated rings. The Hall–Kier alpha value is -8.02. The number of ether oxygens (including phenoxy) is 6. The van der Waals surface area contributed by atoms with Crippen LogP contribution in [0.2, 0.25) is 0 Å². The minimum atomic E-state index is -3.06. The van der Waals surface area contributed by atoms with Crippen LogP contribution < -0.4 is 0 Å². The second kappa shape index (κ2) is 38.2. The molecule has 0 saturated carbocycles. The van der Waals surface area contributed by atoms with E-state index in [-0.39, 0.29) is 65.9 Å². The van der Waals surface area contributed by atoms with Crippen molar-refractivity contribution < 1.29 is 61.6 Å². The number of nitrogens with zero attached hydrogens (tertiary/aromatic N) is 2. The molecule has 454 valence electrons. The Morgan fingerprint density at radius 1 is 0.356 bits per heavy atom. The van der Waals surface area contributed by atoms with E-state index in [9.17, 15) is 18.9 Å². The Bertz CT molecular complexity index is 3200. The second-order valence-electron chi connectivity index (χ2n) is 20.2. The lowest BCUT2D eigenvalue weighted by molar-refractivity contribution is -0.207. The lowest BCUT2D eigenvalue weighted by atomic mass is 10.1. The van der Waals surface area contributed by atoms with E-state index >= 15 is 0 Å². The molecule has 0 radical (unpaired) electrons. The first-order valence-electron chi connectivity index (χ1n) is 28.7. The summed E-state index contributed by atoms with van der Waals surface area (Å²) in [5.41, 5.74) is 7.47. The molecule has 0 aliphatic heterocycles. The summed E-state index contributed by atoms with van der Waals surface area (Å²) >= 11 is 0. The number of hydroxylamine groups is 4. The molecule has 0 saturated heterocycles. The third kappa shape index (κ3) is 24.7. The summed E-state index contributed by atoms with van der Waals surface area (Å²) in [5, 5.41) is 2.40. The van der Waals surface area contributed by atoms with Gasteiger partial charge in [-0.2, -0.15) is 0 Å². The van der Waals surface area contributed by atoms with Gasteiger partial charge in [0.05, 0.1) is 52.7 Å². The first kappa shape index (κ1) is 66.5. The molecule has 0 N–H and O–H groups in total. The van der Waals surface area contributed by atoms with Gasteiger partial charge in [0.1, 0.15) is 49.8 Å². The number of rotatable bonds is 38. The topological polar surface area (TPSA) is 158 Å². The minimum absolute atomic E-state index is 0.0155. The Morgan fingerprint density at radius 2 is 0.609 bits per heavy atom. The van der Waals surface area contributed by atoms with Crippen LogP contribution >= 0.6 is 7.37 Å². The van der Waals surface area contributed by atoms with Crippen LogP contribution in [-0.4, -0.2) is 92.7 Å². The van der Waals surface area contributed by atoms with Gasteiger partial charge in [-0.25, -0.2) is 10.1 Å². The van der Waals surface area contributed by atoms with Crippen molar-refractivity contribution in [3.05, 3.63) is 299 Å². The number of carbonyl (C=O) groups is 3. The van der Waals surface area contributed by atoms with E-state index in [1.54, 1.807) is 6.08 Å². The second-order valence-corrected chi connectivity index (χ2v) is 22.7. The molecular formula is C71H77N2O13P. The minimum Gasteiger partial charge on any atom is -0.369 e. The highest BCUT2D eigenvalue weighted by Gasteiger charge is 2.36. The molecule has 0 spiro atoms. The molecule has 8 aromatic rings. The van der Waals surface area contributed by atoms with Crippen molar-refractivity contribution in [2.75, 3.05) is 26.9 Å². The van der Waals surface area contributed by atoms with Crippen molar-refractivity contribution in [3.8, 4) is 0 Å². The van der Waals surface area contributed by atoms with E-state index < -0.39 is 44.0 Å². The fourth-order valence-corrected chi connectivity index (χ4v) is 9.40. The zero-order chi connectivity index (χ0) is 61.0. The van der Waals surface area contributed by atoms with Gasteiger partial charge in [0.15, 0.2) is 6.29 Å². The molecule has 7 atom stereocenters. The van der Waals surface area contributed by atoms with Gasteiger partial charge in [0, 0.05) is 13.8 Å². The first-order chi connectivity index (χ1) is 42.7. The van der Waals surface area contributed by atoms with E-state index in [1.807, 2.05) is 243 Å². The van der Waals surface area contributed by atoms with Crippen LogP contribution in [0.4, 0.5) is 0 Å². The summed E-state index contributed by atoms with van der Waals surface area (Å²) in [6, 6.07) is 77.4. The number of benzene rings is 8. The zero-order valence-electron chi connectivity index (χ0n) is 49.2. The molecular weight excluding hydrogens is 1120 g/mol. The summed E-state index contributed by atoms with van der Waals surface area (Å²) in [6.45, 7) is 3.41. The van der Waals surface area contributed by atoms with E-state index in [4.69, 9.17) is 42.6 Å². The maximum Gasteiger partial charge on any atom is 0.233 e. The quantitative estimate of drug-likeness (QED) is 0.0205. The summed E-state index contributed by atoms with van der Waals surface area (Å²) < 4.78 is 56.6. The van der Waals surface area contributed by atoms with Gasteiger partial charge in [0.25, 0.3) is 0 Å². The summed E-state index contributed by atoms with van der Waals surface area (Å²) in [5.74, 6) is 1.53. The van der Waals surface area contributed by atoms with Crippen LogP contribution in [0.3, 0.4) is 0 Å². The van der Waals surface area contributed by atoms with Crippen molar-refractivity contribution in [2.24, 2.45) is 0 Å². The van der Waals surface area contributed by atoms with Crippen LogP contribution in [0.5, 0.6) is 0 Å². The molecule has 0 aromatic heterocycles. The normalized spacial score (nSPS) is 14.0. The number of aldehydes is 1. The third-order valence-corrected chi connectivity index (χ3v) is 15.1. The molecule has 87 heavy (non-hydrogen) atoms. The van der Waals surface area contributed by atoms with E-state index in [1.165, 1.54) is 29.7 Å². The number of carbonyl (C=O) groups excluding carboxylic acids is 3. The van der Waals surface area contributed by atoms with Crippen molar-refractivity contribution in [2.45, 2.75) is 89.5 Å². The maximum absolute atomic E-state index is 13.0. The average Bonchev–Trinajstić information content (AvgIpc) is 3.69. The number of amides is 2. The average molecular weight is 1200 g/mol. The predicted octanol–water partition coefficient (Wildman–Crippen LogP) is 12.9. The zero-order valence-corrected chi connectivity index (χ0v) is 50.1. The van der Waals surface area contributed by atoms with Crippen molar-refractivity contribution in [1.29, 1.82) is 0 Å². The Balaban J connectivity index is 0.000000250. The molecule has 15 nitrogen and oxygen atoms in total. The lowest BCUT2D eigenvalue weighted by Gasteiger charge is -2.34. The van der Waals surface area contributed by atoms with Crippen LogP contribution in [0.1, 0.15) is 44.5 Å². The first-order valence-corrected chi connectivity index (χ1v) is 30.8. The van der Waals surface area contributed by atoms with Crippen LogP contribution in [0.15, 0.2) is 255 Å². The van der Waals surface area contributed by atoms with E-state index in [2.05, 4.69) is 0 Å². The highest BCUT2D eigenvalue weighted by atomic mass is 31.2. The van der Waals surface area contributed by atoms with Gasteiger partial charge in [-0.15, -0.1) is 0 Å². The standard InChI is InChI=1S/C37H42NO7P.C34H35NO6/c1-41-46(2,40)24-23-35(42-26-31-15-7-3-8-16-31)37(44-28-33-19-11-5-12-20-33)36(43-27-32-17-9-4-10-18-32)25-38(30-39)45-29-34-21-13-6-14-22-34;36-22-33(39-24-29-15-7-2-8-16-29)34(40-25-30-17-9-3-10-18-30)32(38-23-28-13-5-1-6-14-28)21-35(27-37)41-26-31-19-11-4-12-20-31/h3-24,30,35-37H,25-29H2,1-2H3;1-20,22,27,32-34H,21,23-26H2/b24-23+;/t35-,36-,37+,46?;32-,33-,34-/m11/s1. The highest BCUT2D eigenvalue weighted by molar-refractivity contribution is 7.61. The van der Waals surface area contributed by atoms with Gasteiger partial charge in [-0.3, -0.25) is 23.8 Å². The fraction of sp³-hybridized carbons (Fsp3) is 0.254. The molecule has 0 aliphatic carbocycles. The lowest BCUT2D eigenvalue weighted by Crippen LogP contribution is -2.48. The van der Waals surface area contributed by atoms with Gasteiger partial charge in [0.2, 0.25) is 20.2 Å². The molecule has 0 aliphatic rings. The van der Waals surface area contributed by atoms with Crippen molar-refractivity contribution in [1.82, 2.24) is 10.1 Å².